The predicted octanol–water partition coefficient (Wildman–Crippen LogP) is 13.5. The van der Waals surface area contributed by atoms with Crippen molar-refractivity contribution in [2.75, 3.05) is 6.61 Å². The molecule has 0 aromatic rings. The summed E-state index contributed by atoms with van der Waals surface area (Å²) in [7, 11) is 0. The first kappa shape index (κ1) is 52.8. The lowest BCUT2D eigenvalue weighted by atomic mass is 10.0. The van der Waals surface area contributed by atoms with Gasteiger partial charge in [-0.3, -0.25) is 9.59 Å². The molecule has 1 amide bonds. The zero-order valence-corrected chi connectivity index (χ0v) is 36.3. The van der Waals surface area contributed by atoms with Gasteiger partial charge in [0, 0.05) is 6.42 Å². The van der Waals surface area contributed by atoms with Gasteiger partial charge in [-0.15, -0.1) is 0 Å². The second-order valence-electron chi connectivity index (χ2n) is 15.8. The number of nitrogens with one attached hydrogen (secondary N) is 1. The number of carbonyl (C=O) groups excluding carboxylic acids is 2. The van der Waals surface area contributed by atoms with Gasteiger partial charge in [0.15, 0.2) is 0 Å². The Morgan fingerprint density at radius 3 is 1.40 bits per heavy atom. The molecule has 0 aliphatic heterocycles. The van der Waals surface area contributed by atoms with E-state index >= 15 is 0 Å². The Labute approximate surface area is 340 Å². The number of rotatable bonds is 41. The van der Waals surface area contributed by atoms with Crippen LogP contribution >= 0.6 is 0 Å². The maximum atomic E-state index is 13.1. The van der Waals surface area contributed by atoms with Crippen molar-refractivity contribution in [3.05, 3.63) is 48.6 Å². The number of unbranched alkanes of at least 4 members (excludes halogenated alkanes) is 21. The number of aliphatic hydroxyl groups is 2. The molecule has 0 radical (unpaired) electrons. The molecule has 0 saturated heterocycles. The van der Waals surface area contributed by atoms with Crippen molar-refractivity contribution in [3.8, 4) is 0 Å². The molecule has 0 spiro atoms. The van der Waals surface area contributed by atoms with Gasteiger partial charge in [0.1, 0.15) is 6.10 Å². The normalized spacial score (nSPS) is 13.8. The summed E-state index contributed by atoms with van der Waals surface area (Å²) in [5.74, 6) is -0.541. The molecule has 0 fully saturated rings. The molecule has 3 atom stereocenters. The van der Waals surface area contributed by atoms with Crippen molar-refractivity contribution >= 4 is 11.9 Å². The molecule has 0 rings (SSSR count). The molecular weight excluding hydrogens is 683 g/mol. The standard InChI is InChI=1S/C49H89NO5/c1-4-7-10-13-16-19-21-22-23-24-25-26-27-30-33-36-39-42-49(54)55-45(40-37-34-31-29-20-17-14-11-8-5-2)43-48(53)50-46(44-51)47(52)41-38-35-32-28-18-15-12-9-6-3/h16,19,22-23,25-26,30,33,45-47,51-52H,4-15,17-18,20-21,24,27-29,31-32,34-44H2,1-3H3,(H,50,53)/b19-16-,23-22-,26-25-,33-30-. The molecule has 55 heavy (non-hydrogen) atoms. The molecule has 0 saturated carbocycles. The van der Waals surface area contributed by atoms with E-state index in [2.05, 4.69) is 74.7 Å². The lowest BCUT2D eigenvalue weighted by Crippen LogP contribution is -2.46. The maximum absolute atomic E-state index is 13.1. The largest absolute Gasteiger partial charge is 0.462 e. The van der Waals surface area contributed by atoms with E-state index in [9.17, 15) is 19.8 Å². The van der Waals surface area contributed by atoms with E-state index < -0.39 is 18.2 Å². The van der Waals surface area contributed by atoms with E-state index in [1.165, 1.54) is 109 Å². The Bertz CT molecular complexity index is 957. The van der Waals surface area contributed by atoms with Crippen LogP contribution in [0.5, 0.6) is 0 Å². The number of esters is 1. The fraction of sp³-hybridized carbons (Fsp3) is 0.796. The molecule has 0 bridgehead atoms. The third-order valence-corrected chi connectivity index (χ3v) is 10.4. The first-order chi connectivity index (χ1) is 27.0. The molecule has 6 nitrogen and oxygen atoms in total. The van der Waals surface area contributed by atoms with E-state index in [1.54, 1.807) is 0 Å². The number of carbonyl (C=O) groups is 2. The SMILES string of the molecule is CCCCC/C=C\C/C=C\C/C=C\C/C=C\CCCC(=O)OC(CCCCCCCCCCCC)CC(=O)NC(CO)C(O)CCCCCCCCCCC. The topological polar surface area (TPSA) is 95.9 Å². The zero-order valence-electron chi connectivity index (χ0n) is 36.3. The lowest BCUT2D eigenvalue weighted by Gasteiger charge is -2.24. The molecule has 320 valence electrons. The van der Waals surface area contributed by atoms with Crippen molar-refractivity contribution in [1.29, 1.82) is 0 Å². The van der Waals surface area contributed by atoms with Crippen molar-refractivity contribution < 1.29 is 24.5 Å². The highest BCUT2D eigenvalue weighted by molar-refractivity contribution is 5.77. The number of amides is 1. The molecular formula is C49H89NO5. The van der Waals surface area contributed by atoms with Gasteiger partial charge >= 0.3 is 5.97 Å². The number of allylic oxidation sites excluding steroid dienone is 8. The van der Waals surface area contributed by atoms with Gasteiger partial charge in [-0.05, 0) is 64.2 Å². The summed E-state index contributed by atoms with van der Waals surface area (Å²) in [6.45, 7) is 6.40. The van der Waals surface area contributed by atoms with E-state index in [-0.39, 0.29) is 24.9 Å². The minimum Gasteiger partial charge on any atom is -0.462 e. The smallest absolute Gasteiger partial charge is 0.306 e. The Morgan fingerprint density at radius 2 is 0.927 bits per heavy atom. The quantitative estimate of drug-likeness (QED) is 0.0327. The minimum absolute atomic E-state index is 0.0571. The van der Waals surface area contributed by atoms with Crippen LogP contribution in [0, 0.1) is 0 Å². The molecule has 6 heteroatoms. The minimum atomic E-state index is -0.792. The molecule has 3 unspecified atom stereocenters. The number of hydrogen-bond donors (Lipinski definition) is 3. The molecule has 0 aromatic heterocycles. The summed E-state index contributed by atoms with van der Waals surface area (Å²) >= 11 is 0. The van der Waals surface area contributed by atoms with Crippen LogP contribution in [0.2, 0.25) is 0 Å². The highest BCUT2D eigenvalue weighted by Gasteiger charge is 2.24. The Kier molecular flexibility index (Phi) is 41.2. The van der Waals surface area contributed by atoms with Crippen molar-refractivity contribution in [2.24, 2.45) is 0 Å². The summed E-state index contributed by atoms with van der Waals surface area (Å²) in [5.41, 5.74) is 0. The van der Waals surface area contributed by atoms with Crippen LogP contribution in [0.3, 0.4) is 0 Å². The Hall–Kier alpha value is -2.18. The fourth-order valence-corrected chi connectivity index (χ4v) is 6.83. The molecule has 0 aliphatic rings. The van der Waals surface area contributed by atoms with Crippen LogP contribution in [0.15, 0.2) is 48.6 Å². The van der Waals surface area contributed by atoms with Crippen molar-refractivity contribution in [1.82, 2.24) is 5.32 Å². The first-order valence-corrected chi connectivity index (χ1v) is 23.4. The predicted molar refractivity (Wildman–Crippen MR) is 236 cm³/mol. The van der Waals surface area contributed by atoms with Crippen LogP contribution in [-0.4, -0.2) is 46.9 Å². The number of hydrogen-bond acceptors (Lipinski definition) is 5. The van der Waals surface area contributed by atoms with E-state index in [0.717, 1.165) is 64.2 Å². The van der Waals surface area contributed by atoms with Crippen LogP contribution < -0.4 is 5.32 Å². The van der Waals surface area contributed by atoms with Gasteiger partial charge in [0.2, 0.25) is 5.91 Å². The third kappa shape index (κ3) is 38.5. The van der Waals surface area contributed by atoms with Crippen LogP contribution in [0.4, 0.5) is 0 Å². The molecule has 0 aliphatic carbocycles. The van der Waals surface area contributed by atoms with Crippen molar-refractivity contribution in [3.63, 3.8) is 0 Å². The highest BCUT2D eigenvalue weighted by atomic mass is 16.5. The van der Waals surface area contributed by atoms with Gasteiger partial charge in [0.25, 0.3) is 0 Å². The highest BCUT2D eigenvalue weighted by Crippen LogP contribution is 2.17. The van der Waals surface area contributed by atoms with Gasteiger partial charge in [0.05, 0.1) is 25.2 Å². The van der Waals surface area contributed by atoms with Gasteiger partial charge in [-0.2, -0.15) is 0 Å². The summed E-state index contributed by atoms with van der Waals surface area (Å²) in [6.07, 6.45) is 50.3. The summed E-state index contributed by atoms with van der Waals surface area (Å²) in [4.78, 5) is 25.9. The number of ether oxygens (including phenoxy) is 1. The average molecular weight is 772 g/mol. The fourth-order valence-electron chi connectivity index (χ4n) is 6.83. The summed E-state index contributed by atoms with van der Waals surface area (Å²) in [5, 5.41) is 23.6. The van der Waals surface area contributed by atoms with Gasteiger partial charge < -0.3 is 20.3 Å². The monoisotopic (exact) mass is 772 g/mol. The van der Waals surface area contributed by atoms with Gasteiger partial charge in [-0.1, -0.05) is 198 Å². The lowest BCUT2D eigenvalue weighted by molar-refractivity contribution is -0.151. The van der Waals surface area contributed by atoms with E-state index in [1.807, 2.05) is 0 Å². The van der Waals surface area contributed by atoms with Gasteiger partial charge in [-0.25, -0.2) is 0 Å². The molecule has 0 heterocycles. The van der Waals surface area contributed by atoms with E-state index in [0.29, 0.717) is 25.7 Å². The third-order valence-electron chi connectivity index (χ3n) is 10.4. The summed E-state index contributed by atoms with van der Waals surface area (Å²) < 4.78 is 5.87. The number of aliphatic hydroxyl groups excluding tert-OH is 2. The van der Waals surface area contributed by atoms with Crippen LogP contribution in [-0.2, 0) is 14.3 Å². The first-order valence-electron chi connectivity index (χ1n) is 23.4. The Balaban J connectivity index is 4.63. The second-order valence-corrected chi connectivity index (χ2v) is 15.8. The summed E-state index contributed by atoms with van der Waals surface area (Å²) in [6, 6.07) is -0.708. The average Bonchev–Trinajstić information content (AvgIpc) is 3.18. The van der Waals surface area contributed by atoms with E-state index in [4.69, 9.17) is 4.74 Å². The molecule has 0 aromatic carbocycles. The van der Waals surface area contributed by atoms with Crippen LogP contribution in [0.1, 0.15) is 226 Å². The zero-order chi connectivity index (χ0) is 40.3. The van der Waals surface area contributed by atoms with Crippen LogP contribution in [0.25, 0.3) is 0 Å². The molecule has 3 N–H and O–H groups in total. The maximum Gasteiger partial charge on any atom is 0.306 e. The second kappa shape index (κ2) is 43.0. The van der Waals surface area contributed by atoms with Crippen molar-refractivity contribution in [2.45, 2.75) is 244 Å². The Morgan fingerprint density at radius 1 is 0.527 bits per heavy atom.